The van der Waals surface area contributed by atoms with Crippen molar-refractivity contribution in [1.29, 1.82) is 0 Å². The monoisotopic (exact) mass is 272 g/mol. The lowest BCUT2D eigenvalue weighted by Crippen LogP contribution is -2.36. The molecule has 0 aliphatic rings. The first kappa shape index (κ1) is 14.7. The van der Waals surface area contributed by atoms with Gasteiger partial charge in [0.15, 0.2) is 0 Å². The maximum atomic E-state index is 4.21. The Balaban J connectivity index is 2.10. The highest BCUT2D eigenvalue weighted by atomic mass is 15.4. The zero-order valence-electron chi connectivity index (χ0n) is 12.6. The van der Waals surface area contributed by atoms with Crippen LogP contribution in [0.1, 0.15) is 37.4 Å². The third kappa shape index (κ3) is 3.90. The molecule has 0 aliphatic carbocycles. The van der Waals surface area contributed by atoms with Crippen LogP contribution in [0.15, 0.2) is 36.5 Å². The van der Waals surface area contributed by atoms with Crippen LogP contribution in [-0.4, -0.2) is 27.6 Å². The summed E-state index contributed by atoms with van der Waals surface area (Å²) in [5.74, 6) is 0.449. The summed E-state index contributed by atoms with van der Waals surface area (Å²) in [7, 11) is 1.91. The van der Waals surface area contributed by atoms with Gasteiger partial charge in [-0.15, -0.1) is 5.10 Å². The van der Waals surface area contributed by atoms with Crippen LogP contribution < -0.4 is 5.32 Å². The topological polar surface area (TPSA) is 42.7 Å². The van der Waals surface area contributed by atoms with Crippen molar-refractivity contribution in [2.45, 2.75) is 38.6 Å². The summed E-state index contributed by atoms with van der Waals surface area (Å²) in [4.78, 5) is 0. The SMILES string of the molecule is CCCNC(Cc1cn(C)nn1)C(C)c1ccccc1. The van der Waals surface area contributed by atoms with E-state index in [-0.39, 0.29) is 0 Å². The Bertz CT molecular complexity index is 506. The van der Waals surface area contributed by atoms with Crippen LogP contribution in [0.4, 0.5) is 0 Å². The van der Waals surface area contributed by atoms with Crippen LogP contribution in [0.2, 0.25) is 0 Å². The molecule has 0 radical (unpaired) electrons. The van der Waals surface area contributed by atoms with Crippen LogP contribution in [0.25, 0.3) is 0 Å². The van der Waals surface area contributed by atoms with Crippen LogP contribution >= 0.6 is 0 Å². The smallest absolute Gasteiger partial charge is 0.0842 e. The molecule has 4 nitrogen and oxygen atoms in total. The van der Waals surface area contributed by atoms with Crippen LogP contribution in [0.5, 0.6) is 0 Å². The first-order chi connectivity index (χ1) is 9.70. The minimum Gasteiger partial charge on any atom is -0.313 e. The molecule has 2 unspecified atom stereocenters. The summed E-state index contributed by atoms with van der Waals surface area (Å²) < 4.78 is 1.76. The first-order valence-corrected chi connectivity index (χ1v) is 7.34. The van der Waals surface area contributed by atoms with E-state index in [9.17, 15) is 0 Å². The van der Waals surface area contributed by atoms with Crippen molar-refractivity contribution in [3.63, 3.8) is 0 Å². The van der Waals surface area contributed by atoms with Crippen molar-refractivity contribution in [3.05, 3.63) is 47.8 Å². The van der Waals surface area contributed by atoms with E-state index in [1.54, 1.807) is 4.68 Å². The number of aromatic nitrogens is 3. The van der Waals surface area contributed by atoms with E-state index < -0.39 is 0 Å². The van der Waals surface area contributed by atoms with Crippen molar-refractivity contribution < 1.29 is 0 Å². The first-order valence-electron chi connectivity index (χ1n) is 7.34. The molecular weight excluding hydrogens is 248 g/mol. The molecule has 0 spiro atoms. The minimum atomic E-state index is 0.383. The van der Waals surface area contributed by atoms with Gasteiger partial charge in [0, 0.05) is 25.7 Å². The third-order valence-electron chi connectivity index (χ3n) is 3.66. The molecule has 0 saturated heterocycles. The number of aryl methyl sites for hydroxylation is 1. The van der Waals surface area contributed by atoms with E-state index in [0.29, 0.717) is 12.0 Å². The van der Waals surface area contributed by atoms with Gasteiger partial charge in [0.25, 0.3) is 0 Å². The molecule has 1 aromatic carbocycles. The lowest BCUT2D eigenvalue weighted by molar-refractivity contribution is 0.443. The Morgan fingerprint density at radius 2 is 2.00 bits per heavy atom. The zero-order chi connectivity index (χ0) is 14.4. The quantitative estimate of drug-likeness (QED) is 0.842. The fourth-order valence-corrected chi connectivity index (χ4v) is 2.46. The molecule has 0 saturated carbocycles. The second-order valence-electron chi connectivity index (χ2n) is 5.35. The number of nitrogens with zero attached hydrogens (tertiary/aromatic N) is 3. The molecule has 2 atom stereocenters. The summed E-state index contributed by atoms with van der Waals surface area (Å²) in [6, 6.07) is 11.0. The normalized spacial score (nSPS) is 14.2. The van der Waals surface area contributed by atoms with Crippen LogP contribution in [0, 0.1) is 0 Å². The average molecular weight is 272 g/mol. The van der Waals surface area contributed by atoms with Gasteiger partial charge in [-0.25, -0.2) is 0 Å². The Morgan fingerprint density at radius 1 is 1.25 bits per heavy atom. The van der Waals surface area contributed by atoms with Gasteiger partial charge in [0.1, 0.15) is 0 Å². The highest BCUT2D eigenvalue weighted by Crippen LogP contribution is 2.21. The summed E-state index contributed by atoms with van der Waals surface area (Å²) in [6.45, 7) is 5.50. The van der Waals surface area contributed by atoms with E-state index in [2.05, 4.69) is 59.8 Å². The lowest BCUT2D eigenvalue weighted by atomic mass is 9.90. The molecule has 0 amide bonds. The highest BCUT2D eigenvalue weighted by molar-refractivity contribution is 5.21. The Kier molecular flexibility index (Phi) is 5.30. The second-order valence-corrected chi connectivity index (χ2v) is 5.35. The molecule has 2 aromatic rings. The molecule has 1 aromatic heterocycles. The molecule has 4 heteroatoms. The Morgan fingerprint density at radius 3 is 2.60 bits per heavy atom. The van der Waals surface area contributed by atoms with Gasteiger partial charge in [0.05, 0.1) is 5.69 Å². The summed E-state index contributed by atoms with van der Waals surface area (Å²) in [5, 5.41) is 11.9. The number of rotatable bonds is 7. The summed E-state index contributed by atoms with van der Waals surface area (Å²) in [5.41, 5.74) is 2.41. The Labute approximate surface area is 121 Å². The zero-order valence-corrected chi connectivity index (χ0v) is 12.6. The van der Waals surface area contributed by atoms with Gasteiger partial charge in [-0.05, 0) is 24.4 Å². The molecule has 0 aliphatic heterocycles. The standard InChI is InChI=1S/C16H24N4/c1-4-10-17-16(11-15-12-20(3)19-18-15)13(2)14-8-6-5-7-9-14/h5-9,12-13,16-17H,4,10-11H2,1-3H3. The molecular formula is C16H24N4. The predicted octanol–water partition coefficient (Wildman–Crippen LogP) is 2.53. The van der Waals surface area contributed by atoms with Gasteiger partial charge in [0.2, 0.25) is 0 Å². The highest BCUT2D eigenvalue weighted by Gasteiger charge is 2.19. The van der Waals surface area contributed by atoms with Crippen molar-refractivity contribution >= 4 is 0 Å². The molecule has 0 fully saturated rings. The molecule has 0 bridgehead atoms. The number of hydrogen-bond donors (Lipinski definition) is 1. The van der Waals surface area contributed by atoms with Crippen LogP contribution in [0.3, 0.4) is 0 Å². The third-order valence-corrected chi connectivity index (χ3v) is 3.66. The maximum Gasteiger partial charge on any atom is 0.0842 e. The summed E-state index contributed by atoms with van der Waals surface area (Å²) in [6.07, 6.45) is 4.04. The average Bonchev–Trinajstić information content (AvgIpc) is 2.89. The van der Waals surface area contributed by atoms with Crippen molar-refractivity contribution in [1.82, 2.24) is 20.3 Å². The van der Waals surface area contributed by atoms with Gasteiger partial charge in [-0.1, -0.05) is 49.4 Å². The molecule has 1 N–H and O–H groups in total. The number of hydrogen-bond acceptors (Lipinski definition) is 3. The summed E-state index contributed by atoms with van der Waals surface area (Å²) >= 11 is 0. The van der Waals surface area contributed by atoms with E-state index in [1.807, 2.05) is 13.2 Å². The van der Waals surface area contributed by atoms with E-state index in [0.717, 1.165) is 25.1 Å². The van der Waals surface area contributed by atoms with Crippen LogP contribution in [-0.2, 0) is 13.5 Å². The predicted molar refractivity (Wildman–Crippen MR) is 81.6 cm³/mol. The van der Waals surface area contributed by atoms with E-state index >= 15 is 0 Å². The number of benzene rings is 1. The van der Waals surface area contributed by atoms with Crippen molar-refractivity contribution in [3.8, 4) is 0 Å². The fraction of sp³-hybridized carbons (Fsp3) is 0.500. The van der Waals surface area contributed by atoms with Gasteiger partial charge in [-0.2, -0.15) is 0 Å². The molecule has 2 rings (SSSR count). The van der Waals surface area contributed by atoms with Gasteiger partial charge < -0.3 is 5.32 Å². The maximum absolute atomic E-state index is 4.21. The molecule has 20 heavy (non-hydrogen) atoms. The van der Waals surface area contributed by atoms with E-state index in [4.69, 9.17) is 0 Å². The van der Waals surface area contributed by atoms with Crippen molar-refractivity contribution in [2.24, 2.45) is 7.05 Å². The lowest BCUT2D eigenvalue weighted by Gasteiger charge is -2.25. The number of nitrogens with one attached hydrogen (secondary N) is 1. The van der Waals surface area contributed by atoms with Crippen molar-refractivity contribution in [2.75, 3.05) is 6.54 Å². The molecule has 1 heterocycles. The van der Waals surface area contributed by atoms with Gasteiger partial charge >= 0.3 is 0 Å². The molecule has 108 valence electrons. The second kappa shape index (κ2) is 7.20. The largest absolute Gasteiger partial charge is 0.313 e. The Hall–Kier alpha value is -1.68. The fourth-order valence-electron chi connectivity index (χ4n) is 2.46. The minimum absolute atomic E-state index is 0.383. The van der Waals surface area contributed by atoms with Gasteiger partial charge in [-0.3, -0.25) is 4.68 Å². The van der Waals surface area contributed by atoms with E-state index in [1.165, 1.54) is 5.56 Å².